The highest BCUT2D eigenvalue weighted by atomic mass is 16.5. The normalized spacial score (nSPS) is 13.4. The molecule has 3 aromatic rings. The third-order valence-electron chi connectivity index (χ3n) is 4.61. The first-order valence-electron chi connectivity index (χ1n) is 8.56. The number of para-hydroxylation sites is 2. The summed E-state index contributed by atoms with van der Waals surface area (Å²) in [6, 6.07) is 14.0. The second-order valence-electron chi connectivity index (χ2n) is 6.31. The van der Waals surface area contributed by atoms with Gasteiger partial charge in [-0.25, -0.2) is 14.8 Å². The van der Waals surface area contributed by atoms with Crippen molar-refractivity contribution in [1.29, 1.82) is 0 Å². The van der Waals surface area contributed by atoms with E-state index >= 15 is 0 Å². The molecule has 0 saturated heterocycles. The zero-order valence-corrected chi connectivity index (χ0v) is 15.0. The number of amides is 1. The maximum absolute atomic E-state index is 13.1. The lowest BCUT2D eigenvalue weighted by Crippen LogP contribution is -2.43. The van der Waals surface area contributed by atoms with Crippen molar-refractivity contribution in [3.05, 3.63) is 59.7 Å². The fraction of sp³-hybridized carbons (Fsp3) is 0.200. The Bertz CT molecular complexity index is 1030. The molecule has 136 valence electrons. The van der Waals surface area contributed by atoms with Crippen LogP contribution in [0.5, 0.6) is 0 Å². The van der Waals surface area contributed by atoms with E-state index in [0.717, 1.165) is 11.0 Å². The Balaban J connectivity index is 1.72. The van der Waals surface area contributed by atoms with Crippen molar-refractivity contribution in [2.45, 2.75) is 0 Å². The molecule has 0 N–H and O–H groups in total. The smallest absolute Gasteiger partial charge is 0.337 e. The number of benzene rings is 2. The molecule has 0 spiro atoms. The molecule has 1 aromatic heterocycles. The van der Waals surface area contributed by atoms with E-state index in [1.807, 2.05) is 36.2 Å². The van der Waals surface area contributed by atoms with Gasteiger partial charge in [-0.2, -0.15) is 0 Å². The lowest BCUT2D eigenvalue weighted by molar-refractivity contribution is 0.0600. The SMILES string of the molecule is COC(=O)c1ccc(C(=O)N2CCN(C)c3nc4ccccc4nc32)cc1. The lowest BCUT2D eigenvalue weighted by Gasteiger charge is -2.33. The maximum atomic E-state index is 13.1. The van der Waals surface area contributed by atoms with Gasteiger partial charge in [-0.1, -0.05) is 12.1 Å². The van der Waals surface area contributed by atoms with E-state index in [-0.39, 0.29) is 5.91 Å². The predicted molar refractivity (Wildman–Crippen MR) is 102 cm³/mol. The third-order valence-corrected chi connectivity index (χ3v) is 4.61. The Labute approximate surface area is 156 Å². The summed E-state index contributed by atoms with van der Waals surface area (Å²) in [6.45, 7) is 1.17. The molecule has 0 saturated carbocycles. The molecule has 2 aromatic carbocycles. The largest absolute Gasteiger partial charge is 0.465 e. The number of carbonyl (C=O) groups is 2. The number of likely N-dealkylation sites (N-methyl/N-ethyl adjacent to an activating group) is 1. The lowest BCUT2D eigenvalue weighted by atomic mass is 10.1. The molecule has 7 nitrogen and oxygen atoms in total. The molecule has 0 aliphatic carbocycles. The van der Waals surface area contributed by atoms with E-state index < -0.39 is 5.97 Å². The van der Waals surface area contributed by atoms with Crippen molar-refractivity contribution in [2.75, 3.05) is 37.0 Å². The zero-order chi connectivity index (χ0) is 19.0. The highest BCUT2D eigenvalue weighted by Gasteiger charge is 2.29. The van der Waals surface area contributed by atoms with E-state index in [1.165, 1.54) is 7.11 Å². The standard InChI is InChI=1S/C20H18N4O3/c1-23-11-12-24(18-17(23)21-15-5-3-4-6-16(15)22-18)19(25)13-7-9-14(10-8-13)20(26)27-2/h3-10H,11-12H2,1-2H3. The number of hydrogen-bond donors (Lipinski definition) is 0. The van der Waals surface area contributed by atoms with Gasteiger partial charge in [0.15, 0.2) is 11.6 Å². The second kappa shape index (κ2) is 6.68. The van der Waals surface area contributed by atoms with Crippen molar-refractivity contribution >= 4 is 34.5 Å². The number of rotatable bonds is 2. The number of aromatic nitrogens is 2. The van der Waals surface area contributed by atoms with Gasteiger partial charge < -0.3 is 9.64 Å². The highest BCUT2D eigenvalue weighted by molar-refractivity contribution is 6.08. The zero-order valence-electron chi connectivity index (χ0n) is 15.0. The number of esters is 1. The van der Waals surface area contributed by atoms with Gasteiger partial charge in [0, 0.05) is 25.7 Å². The molecule has 27 heavy (non-hydrogen) atoms. The fourth-order valence-corrected chi connectivity index (χ4v) is 3.10. The molecule has 0 bridgehead atoms. The van der Waals surface area contributed by atoms with Crippen molar-refractivity contribution in [1.82, 2.24) is 9.97 Å². The molecule has 1 amide bonds. The minimum absolute atomic E-state index is 0.176. The summed E-state index contributed by atoms with van der Waals surface area (Å²) < 4.78 is 4.69. The van der Waals surface area contributed by atoms with Gasteiger partial charge in [0.05, 0.1) is 23.7 Å². The molecule has 1 aliphatic heterocycles. The summed E-state index contributed by atoms with van der Waals surface area (Å²) in [4.78, 5) is 37.7. The van der Waals surface area contributed by atoms with Gasteiger partial charge in [0.1, 0.15) is 0 Å². The number of ether oxygens (including phenoxy) is 1. The van der Waals surface area contributed by atoms with E-state index in [4.69, 9.17) is 4.74 Å². The van der Waals surface area contributed by atoms with Gasteiger partial charge in [-0.05, 0) is 36.4 Å². The summed E-state index contributed by atoms with van der Waals surface area (Å²) in [6.07, 6.45) is 0. The molecule has 0 unspecified atom stereocenters. The molecule has 0 atom stereocenters. The quantitative estimate of drug-likeness (QED) is 0.652. The molecular weight excluding hydrogens is 344 g/mol. The molecule has 7 heteroatoms. The van der Waals surface area contributed by atoms with E-state index in [1.54, 1.807) is 29.2 Å². The summed E-state index contributed by atoms with van der Waals surface area (Å²) in [5.74, 6) is 0.616. The first-order chi connectivity index (χ1) is 13.1. The van der Waals surface area contributed by atoms with Crippen LogP contribution in [0.25, 0.3) is 11.0 Å². The number of carbonyl (C=O) groups excluding carboxylic acids is 2. The Kier molecular flexibility index (Phi) is 4.19. The van der Waals surface area contributed by atoms with E-state index in [2.05, 4.69) is 9.97 Å². The number of nitrogens with zero attached hydrogens (tertiary/aromatic N) is 4. The fourth-order valence-electron chi connectivity index (χ4n) is 3.10. The summed E-state index contributed by atoms with van der Waals surface area (Å²) in [7, 11) is 3.26. The van der Waals surface area contributed by atoms with Crippen LogP contribution in [0.4, 0.5) is 11.6 Å². The average molecular weight is 362 g/mol. The van der Waals surface area contributed by atoms with Crippen molar-refractivity contribution in [3.63, 3.8) is 0 Å². The topological polar surface area (TPSA) is 75.6 Å². The van der Waals surface area contributed by atoms with Crippen LogP contribution in [0.1, 0.15) is 20.7 Å². The number of fused-ring (bicyclic) bond motifs is 2. The van der Waals surface area contributed by atoms with Crippen LogP contribution in [-0.4, -0.2) is 49.1 Å². The Morgan fingerprint density at radius 3 is 2.11 bits per heavy atom. The number of anilines is 2. The van der Waals surface area contributed by atoms with E-state index in [9.17, 15) is 9.59 Å². The Morgan fingerprint density at radius 1 is 0.889 bits per heavy atom. The van der Waals surface area contributed by atoms with E-state index in [0.29, 0.717) is 35.9 Å². The summed E-state index contributed by atoms with van der Waals surface area (Å²) in [5, 5.41) is 0. The number of hydrogen-bond acceptors (Lipinski definition) is 6. The number of methoxy groups -OCH3 is 1. The predicted octanol–water partition coefficient (Wildman–Crippen LogP) is 2.51. The third kappa shape index (κ3) is 2.97. The minimum atomic E-state index is -0.434. The van der Waals surface area contributed by atoms with Gasteiger partial charge >= 0.3 is 5.97 Å². The monoisotopic (exact) mass is 362 g/mol. The van der Waals surface area contributed by atoms with Crippen LogP contribution in [0.15, 0.2) is 48.5 Å². The van der Waals surface area contributed by atoms with Gasteiger partial charge in [0.25, 0.3) is 5.91 Å². The van der Waals surface area contributed by atoms with Gasteiger partial charge in [-0.3, -0.25) is 9.69 Å². The molecular formula is C20H18N4O3. The Hall–Kier alpha value is -3.48. The van der Waals surface area contributed by atoms with Crippen LogP contribution < -0.4 is 9.80 Å². The summed E-state index contributed by atoms with van der Waals surface area (Å²) in [5.41, 5.74) is 2.41. The van der Waals surface area contributed by atoms with Crippen LogP contribution in [0, 0.1) is 0 Å². The van der Waals surface area contributed by atoms with Crippen LogP contribution in [0.3, 0.4) is 0 Å². The second-order valence-corrected chi connectivity index (χ2v) is 6.31. The first kappa shape index (κ1) is 17.0. The van der Waals surface area contributed by atoms with Gasteiger partial charge in [0.2, 0.25) is 0 Å². The highest BCUT2D eigenvalue weighted by Crippen LogP contribution is 2.31. The maximum Gasteiger partial charge on any atom is 0.337 e. The minimum Gasteiger partial charge on any atom is -0.465 e. The van der Waals surface area contributed by atoms with Crippen LogP contribution >= 0.6 is 0 Å². The Morgan fingerprint density at radius 2 is 1.48 bits per heavy atom. The van der Waals surface area contributed by atoms with Crippen molar-refractivity contribution in [2.24, 2.45) is 0 Å². The van der Waals surface area contributed by atoms with Crippen molar-refractivity contribution < 1.29 is 14.3 Å². The molecule has 0 fully saturated rings. The molecule has 2 heterocycles. The van der Waals surface area contributed by atoms with Crippen LogP contribution in [0.2, 0.25) is 0 Å². The van der Waals surface area contributed by atoms with Gasteiger partial charge in [-0.15, -0.1) is 0 Å². The van der Waals surface area contributed by atoms with Crippen LogP contribution in [-0.2, 0) is 4.74 Å². The summed E-state index contributed by atoms with van der Waals surface area (Å²) >= 11 is 0. The average Bonchev–Trinajstić information content (AvgIpc) is 2.72. The first-order valence-corrected chi connectivity index (χ1v) is 8.56. The van der Waals surface area contributed by atoms with Crippen molar-refractivity contribution in [3.8, 4) is 0 Å². The molecule has 1 aliphatic rings. The molecule has 0 radical (unpaired) electrons. The molecule has 4 rings (SSSR count).